The van der Waals surface area contributed by atoms with Gasteiger partial charge in [0.2, 0.25) is 5.88 Å². The number of hydrogen-bond acceptors (Lipinski definition) is 4. The van der Waals surface area contributed by atoms with E-state index in [0.717, 1.165) is 17.8 Å². The molecule has 2 aromatic heterocycles. The van der Waals surface area contributed by atoms with Crippen molar-refractivity contribution in [2.24, 2.45) is 0 Å². The first kappa shape index (κ1) is 16.6. The number of nitrogens with zero attached hydrogens (tertiary/aromatic N) is 2. The Bertz CT molecular complexity index is 911. The van der Waals surface area contributed by atoms with E-state index in [0.29, 0.717) is 5.56 Å². The third kappa shape index (κ3) is 3.97. The number of carbonyl (C=O) groups excluding carboxylic acids is 1. The normalized spacial score (nSPS) is 10.5. The molecule has 3 aromatic rings. The number of amides is 1. The van der Waals surface area contributed by atoms with Crippen LogP contribution in [-0.2, 0) is 6.54 Å². The van der Waals surface area contributed by atoms with Gasteiger partial charge >= 0.3 is 0 Å². The maximum Gasteiger partial charge on any atom is 0.287 e. The summed E-state index contributed by atoms with van der Waals surface area (Å²) in [6, 6.07) is 6.32. The van der Waals surface area contributed by atoms with E-state index >= 15 is 0 Å². The van der Waals surface area contributed by atoms with E-state index in [1.165, 1.54) is 12.3 Å². The van der Waals surface area contributed by atoms with Crippen molar-refractivity contribution in [1.29, 1.82) is 0 Å². The smallest absolute Gasteiger partial charge is 0.287 e. The highest BCUT2D eigenvalue weighted by Crippen LogP contribution is 2.26. The van der Waals surface area contributed by atoms with E-state index < -0.39 is 17.5 Å². The second-order valence-electron chi connectivity index (χ2n) is 5.24. The molecule has 0 bridgehead atoms. The average Bonchev–Trinajstić information content (AvgIpc) is 3.03. The van der Waals surface area contributed by atoms with Gasteiger partial charge in [0, 0.05) is 36.3 Å². The van der Waals surface area contributed by atoms with Gasteiger partial charge in [0.05, 0.1) is 0 Å². The fraction of sp³-hybridized carbons (Fsp3) is 0.118. The summed E-state index contributed by atoms with van der Waals surface area (Å²) < 4.78 is 32.1. The first-order chi connectivity index (χ1) is 12.0. The molecule has 0 spiro atoms. The fourth-order valence-electron chi connectivity index (χ4n) is 2.10. The van der Waals surface area contributed by atoms with Gasteiger partial charge in [-0.25, -0.2) is 18.7 Å². The second-order valence-corrected chi connectivity index (χ2v) is 5.24. The molecule has 0 unspecified atom stereocenters. The SMILES string of the molecule is Cc1cnc(C(=O)NCc2cccnc2Oc2ccc(F)cc2F)[nH]1. The number of benzene rings is 1. The van der Waals surface area contributed by atoms with E-state index in [4.69, 9.17) is 4.74 Å². The quantitative estimate of drug-likeness (QED) is 0.745. The largest absolute Gasteiger partial charge is 0.436 e. The summed E-state index contributed by atoms with van der Waals surface area (Å²) in [5.74, 6) is -1.79. The number of pyridine rings is 1. The first-order valence-corrected chi connectivity index (χ1v) is 7.39. The lowest BCUT2D eigenvalue weighted by molar-refractivity contribution is 0.0941. The van der Waals surface area contributed by atoms with E-state index in [9.17, 15) is 13.6 Å². The van der Waals surface area contributed by atoms with Crippen LogP contribution in [0.1, 0.15) is 21.9 Å². The maximum absolute atomic E-state index is 13.7. The number of rotatable bonds is 5. The van der Waals surface area contributed by atoms with Crippen molar-refractivity contribution in [3.05, 3.63) is 71.4 Å². The molecule has 2 N–H and O–H groups in total. The van der Waals surface area contributed by atoms with Crippen LogP contribution in [-0.4, -0.2) is 20.9 Å². The minimum absolute atomic E-state index is 0.102. The van der Waals surface area contributed by atoms with Crippen LogP contribution in [0.3, 0.4) is 0 Å². The van der Waals surface area contributed by atoms with Crippen molar-refractivity contribution in [2.45, 2.75) is 13.5 Å². The van der Waals surface area contributed by atoms with Gasteiger partial charge in [0.15, 0.2) is 17.4 Å². The Labute approximate surface area is 141 Å². The van der Waals surface area contributed by atoms with Gasteiger partial charge in [-0.05, 0) is 25.1 Å². The number of aromatic nitrogens is 3. The number of halogens is 2. The maximum atomic E-state index is 13.7. The zero-order chi connectivity index (χ0) is 17.8. The summed E-state index contributed by atoms with van der Waals surface area (Å²) >= 11 is 0. The van der Waals surface area contributed by atoms with Gasteiger partial charge in [-0.1, -0.05) is 6.07 Å². The fourth-order valence-corrected chi connectivity index (χ4v) is 2.10. The molecule has 0 aliphatic rings. The van der Waals surface area contributed by atoms with Crippen LogP contribution in [0.2, 0.25) is 0 Å². The van der Waals surface area contributed by atoms with Crippen molar-refractivity contribution < 1.29 is 18.3 Å². The number of nitrogens with one attached hydrogen (secondary N) is 2. The molecular formula is C17H14F2N4O2. The lowest BCUT2D eigenvalue weighted by atomic mass is 10.2. The number of ether oxygens (including phenoxy) is 1. The Morgan fingerprint density at radius 2 is 2.12 bits per heavy atom. The second kappa shape index (κ2) is 7.08. The van der Waals surface area contributed by atoms with Gasteiger partial charge < -0.3 is 15.0 Å². The average molecular weight is 344 g/mol. The molecule has 25 heavy (non-hydrogen) atoms. The molecule has 128 valence electrons. The van der Waals surface area contributed by atoms with Crippen LogP contribution < -0.4 is 10.1 Å². The lowest BCUT2D eigenvalue weighted by Crippen LogP contribution is -2.24. The molecule has 0 aliphatic heterocycles. The molecule has 0 fully saturated rings. The highest BCUT2D eigenvalue weighted by Gasteiger charge is 2.13. The monoisotopic (exact) mass is 344 g/mol. The number of H-pyrrole nitrogens is 1. The Morgan fingerprint density at radius 3 is 2.84 bits per heavy atom. The summed E-state index contributed by atoms with van der Waals surface area (Å²) in [5.41, 5.74) is 1.30. The molecule has 3 rings (SSSR count). The summed E-state index contributed by atoms with van der Waals surface area (Å²) in [6.07, 6.45) is 3.02. The van der Waals surface area contributed by atoms with Gasteiger partial charge in [-0.2, -0.15) is 0 Å². The Morgan fingerprint density at radius 1 is 1.28 bits per heavy atom. The van der Waals surface area contributed by atoms with Crippen LogP contribution in [0, 0.1) is 18.6 Å². The summed E-state index contributed by atoms with van der Waals surface area (Å²) in [6.45, 7) is 1.89. The van der Waals surface area contributed by atoms with Crippen molar-refractivity contribution in [3.63, 3.8) is 0 Å². The number of hydrogen-bond donors (Lipinski definition) is 2. The molecule has 1 amide bonds. The van der Waals surface area contributed by atoms with Crippen LogP contribution in [0.15, 0.2) is 42.7 Å². The summed E-state index contributed by atoms with van der Waals surface area (Å²) in [4.78, 5) is 22.8. The van der Waals surface area contributed by atoms with Crippen LogP contribution in [0.5, 0.6) is 11.6 Å². The molecule has 6 nitrogen and oxygen atoms in total. The van der Waals surface area contributed by atoms with Gasteiger partial charge in [0.1, 0.15) is 5.82 Å². The number of imidazole rings is 1. The molecule has 0 atom stereocenters. The Balaban J connectivity index is 1.73. The number of aryl methyl sites for hydroxylation is 1. The van der Waals surface area contributed by atoms with Gasteiger partial charge in [-0.15, -0.1) is 0 Å². The summed E-state index contributed by atoms with van der Waals surface area (Å²) in [5, 5.41) is 2.67. The van der Waals surface area contributed by atoms with Crippen LogP contribution in [0.25, 0.3) is 0 Å². The molecule has 0 aliphatic carbocycles. The van der Waals surface area contributed by atoms with Crippen molar-refractivity contribution in [1.82, 2.24) is 20.3 Å². The molecular weight excluding hydrogens is 330 g/mol. The predicted octanol–water partition coefficient (Wildman–Crippen LogP) is 3.11. The molecule has 1 aromatic carbocycles. The molecule has 8 heteroatoms. The zero-order valence-electron chi connectivity index (χ0n) is 13.2. The van der Waals surface area contributed by atoms with E-state index in [-0.39, 0.29) is 24.0 Å². The molecule has 0 saturated carbocycles. The Hall–Kier alpha value is -3.29. The van der Waals surface area contributed by atoms with E-state index in [2.05, 4.69) is 20.3 Å². The van der Waals surface area contributed by atoms with Gasteiger partial charge in [-0.3, -0.25) is 4.79 Å². The molecule has 0 radical (unpaired) electrons. The zero-order valence-corrected chi connectivity index (χ0v) is 13.2. The highest BCUT2D eigenvalue weighted by atomic mass is 19.1. The highest BCUT2D eigenvalue weighted by molar-refractivity contribution is 5.90. The topological polar surface area (TPSA) is 79.9 Å². The van der Waals surface area contributed by atoms with Crippen molar-refractivity contribution >= 4 is 5.91 Å². The van der Waals surface area contributed by atoms with Crippen molar-refractivity contribution in [2.75, 3.05) is 0 Å². The van der Waals surface area contributed by atoms with Crippen LogP contribution in [0.4, 0.5) is 8.78 Å². The van der Waals surface area contributed by atoms with E-state index in [1.807, 2.05) is 0 Å². The predicted molar refractivity (Wildman–Crippen MR) is 85.2 cm³/mol. The minimum Gasteiger partial charge on any atom is -0.436 e. The molecule has 0 saturated heterocycles. The number of carbonyl (C=O) groups is 1. The minimum atomic E-state index is -0.841. The van der Waals surface area contributed by atoms with Crippen LogP contribution >= 0.6 is 0 Å². The lowest BCUT2D eigenvalue weighted by Gasteiger charge is -2.11. The standard InChI is InChI=1S/C17H14F2N4O2/c1-10-8-21-15(23-10)16(24)22-9-11-3-2-6-20-17(11)25-14-5-4-12(18)7-13(14)19/h2-8H,9H2,1H3,(H,21,23)(H,22,24). The summed E-state index contributed by atoms with van der Waals surface area (Å²) in [7, 11) is 0. The third-order valence-corrected chi connectivity index (χ3v) is 3.31. The van der Waals surface area contributed by atoms with Crippen molar-refractivity contribution in [3.8, 4) is 11.6 Å². The Kier molecular flexibility index (Phi) is 4.69. The molecule has 2 heterocycles. The first-order valence-electron chi connectivity index (χ1n) is 7.39. The van der Waals surface area contributed by atoms with Gasteiger partial charge in [0.25, 0.3) is 5.91 Å². The number of aromatic amines is 1. The van der Waals surface area contributed by atoms with E-state index in [1.54, 1.807) is 25.3 Å². The third-order valence-electron chi connectivity index (χ3n) is 3.31.